The Morgan fingerprint density at radius 2 is 1.86 bits per heavy atom. The van der Waals surface area contributed by atoms with Crippen LogP contribution < -0.4 is 0 Å². The minimum Gasteiger partial charge on any atom is -0.456 e. The fraction of sp³-hybridized carbons (Fsp3) is 0.467. The van der Waals surface area contributed by atoms with Crippen LogP contribution in [0.15, 0.2) is 6.07 Å². The van der Waals surface area contributed by atoms with Gasteiger partial charge in [-0.05, 0) is 26.8 Å². The van der Waals surface area contributed by atoms with Crippen molar-refractivity contribution >= 4 is 34.9 Å². The van der Waals surface area contributed by atoms with Crippen LogP contribution in [0.1, 0.15) is 39.9 Å². The van der Waals surface area contributed by atoms with E-state index >= 15 is 0 Å². The molecule has 1 atom stereocenters. The first-order chi connectivity index (χ1) is 10.3. The fourth-order valence-electron chi connectivity index (χ4n) is 2.37. The van der Waals surface area contributed by atoms with E-state index in [1.54, 1.807) is 6.07 Å². The molecule has 1 aromatic heterocycles. The van der Waals surface area contributed by atoms with E-state index in [9.17, 15) is 19.2 Å². The molecule has 1 aliphatic heterocycles. The molecule has 0 radical (unpaired) electrons. The van der Waals surface area contributed by atoms with E-state index in [0.29, 0.717) is 5.56 Å². The van der Waals surface area contributed by atoms with Gasteiger partial charge in [-0.3, -0.25) is 19.3 Å². The lowest BCUT2D eigenvalue weighted by Gasteiger charge is -2.20. The zero-order valence-electron chi connectivity index (χ0n) is 12.7. The summed E-state index contributed by atoms with van der Waals surface area (Å²) in [5, 5.41) is 0. The van der Waals surface area contributed by atoms with Crippen molar-refractivity contribution in [1.82, 2.24) is 4.90 Å². The number of ketones is 1. The zero-order valence-corrected chi connectivity index (χ0v) is 13.5. The van der Waals surface area contributed by atoms with Gasteiger partial charge >= 0.3 is 5.97 Å². The van der Waals surface area contributed by atoms with Gasteiger partial charge in [-0.25, -0.2) is 4.79 Å². The molecule has 22 heavy (non-hydrogen) atoms. The summed E-state index contributed by atoms with van der Waals surface area (Å²) in [6.45, 7) is 4.76. The van der Waals surface area contributed by atoms with Gasteiger partial charge in [-0.15, -0.1) is 11.3 Å². The molecule has 2 rings (SSSR count). The monoisotopic (exact) mass is 323 g/mol. The molecule has 1 aromatic rings. The predicted molar refractivity (Wildman–Crippen MR) is 79.6 cm³/mol. The molecule has 0 aromatic carbocycles. The minimum atomic E-state index is -0.999. The molecule has 0 aliphatic carbocycles. The minimum absolute atomic E-state index is 0.114. The molecule has 0 bridgehead atoms. The van der Waals surface area contributed by atoms with E-state index in [2.05, 4.69) is 0 Å². The van der Waals surface area contributed by atoms with Crippen molar-refractivity contribution in [2.75, 3.05) is 6.61 Å². The summed E-state index contributed by atoms with van der Waals surface area (Å²) in [7, 11) is 0. The average Bonchev–Trinajstić information content (AvgIpc) is 2.97. The Bertz CT molecular complexity index is 632. The Balaban J connectivity index is 1.95. The van der Waals surface area contributed by atoms with Crippen LogP contribution in [-0.2, 0) is 19.1 Å². The van der Waals surface area contributed by atoms with Crippen molar-refractivity contribution < 1.29 is 23.9 Å². The summed E-state index contributed by atoms with van der Waals surface area (Å²) in [6.07, 6.45) is 0.228. The molecule has 0 spiro atoms. The molecule has 6 nitrogen and oxygen atoms in total. The van der Waals surface area contributed by atoms with Gasteiger partial charge in [0.1, 0.15) is 6.04 Å². The molecule has 1 fully saturated rings. The van der Waals surface area contributed by atoms with E-state index in [-0.39, 0.29) is 30.4 Å². The largest absolute Gasteiger partial charge is 0.456 e. The highest BCUT2D eigenvalue weighted by molar-refractivity contribution is 7.12. The maximum absolute atomic E-state index is 12.0. The third-order valence-electron chi connectivity index (χ3n) is 3.51. The van der Waals surface area contributed by atoms with Crippen LogP contribution in [-0.4, -0.2) is 41.1 Å². The Morgan fingerprint density at radius 1 is 1.27 bits per heavy atom. The van der Waals surface area contributed by atoms with Gasteiger partial charge in [0.05, 0.1) is 0 Å². The number of esters is 1. The van der Waals surface area contributed by atoms with E-state index in [1.165, 1.54) is 18.3 Å². The van der Waals surface area contributed by atoms with Crippen LogP contribution in [0.5, 0.6) is 0 Å². The SMILES string of the molecule is Cc1cc(C(=O)COC(=O)[C@@H](C)N2C(=O)CCC2=O)c(C)s1. The molecule has 2 heterocycles. The Kier molecular flexibility index (Phi) is 4.75. The normalized spacial score (nSPS) is 16.0. The number of thiophene rings is 1. The van der Waals surface area contributed by atoms with Crippen LogP contribution in [0.4, 0.5) is 0 Å². The molecule has 118 valence electrons. The highest BCUT2D eigenvalue weighted by atomic mass is 32.1. The van der Waals surface area contributed by atoms with Crippen molar-refractivity contribution in [2.24, 2.45) is 0 Å². The van der Waals surface area contributed by atoms with Crippen molar-refractivity contribution in [2.45, 2.75) is 39.7 Å². The maximum atomic E-state index is 12.0. The number of aryl methyl sites for hydroxylation is 2. The quantitative estimate of drug-likeness (QED) is 0.467. The van der Waals surface area contributed by atoms with Gasteiger partial charge in [0.15, 0.2) is 6.61 Å². The predicted octanol–water partition coefficient (Wildman–Crippen LogP) is 1.63. The number of amides is 2. The van der Waals surface area contributed by atoms with E-state index < -0.39 is 18.6 Å². The summed E-state index contributed by atoms with van der Waals surface area (Å²) in [4.78, 5) is 49.9. The van der Waals surface area contributed by atoms with Crippen molar-refractivity contribution in [1.29, 1.82) is 0 Å². The summed E-state index contributed by atoms with van der Waals surface area (Å²) < 4.78 is 4.96. The first kappa shape index (κ1) is 16.4. The number of hydrogen-bond donors (Lipinski definition) is 0. The van der Waals surface area contributed by atoms with Gasteiger partial charge in [0.25, 0.3) is 0 Å². The summed E-state index contributed by atoms with van der Waals surface area (Å²) in [6, 6.07) is 0.758. The lowest BCUT2D eigenvalue weighted by Crippen LogP contribution is -2.43. The lowest BCUT2D eigenvalue weighted by molar-refractivity contribution is -0.156. The number of hydrogen-bond acceptors (Lipinski definition) is 6. The fourth-order valence-corrected chi connectivity index (χ4v) is 3.32. The van der Waals surface area contributed by atoms with E-state index in [4.69, 9.17) is 4.74 Å². The number of likely N-dealkylation sites (tertiary alicyclic amines) is 1. The van der Waals surface area contributed by atoms with E-state index in [0.717, 1.165) is 14.7 Å². The molecule has 0 N–H and O–H groups in total. The number of ether oxygens (including phenoxy) is 1. The summed E-state index contributed by atoms with van der Waals surface area (Å²) >= 11 is 1.50. The summed E-state index contributed by atoms with van der Waals surface area (Å²) in [5.74, 6) is -1.81. The molecule has 0 saturated carbocycles. The number of imide groups is 1. The second-order valence-electron chi connectivity index (χ2n) is 5.19. The highest BCUT2D eigenvalue weighted by Gasteiger charge is 2.37. The maximum Gasteiger partial charge on any atom is 0.329 e. The Hall–Kier alpha value is -2.02. The zero-order chi connectivity index (χ0) is 16.4. The Labute approximate surface area is 132 Å². The van der Waals surface area contributed by atoms with Gasteiger partial charge < -0.3 is 4.74 Å². The van der Waals surface area contributed by atoms with Crippen LogP contribution in [0.3, 0.4) is 0 Å². The third-order valence-corrected chi connectivity index (χ3v) is 4.47. The number of carbonyl (C=O) groups excluding carboxylic acids is 4. The topological polar surface area (TPSA) is 80.8 Å². The molecule has 1 aliphatic rings. The molecular formula is C15H17NO5S. The van der Waals surface area contributed by atoms with Gasteiger partial charge in [-0.1, -0.05) is 0 Å². The molecule has 1 saturated heterocycles. The van der Waals surface area contributed by atoms with E-state index in [1.807, 2.05) is 13.8 Å². The number of carbonyl (C=O) groups is 4. The van der Waals surface area contributed by atoms with Gasteiger partial charge in [-0.2, -0.15) is 0 Å². The first-order valence-electron chi connectivity index (χ1n) is 6.93. The Morgan fingerprint density at radius 3 is 2.36 bits per heavy atom. The molecule has 2 amide bonds. The number of nitrogens with zero attached hydrogens (tertiary/aromatic N) is 1. The van der Waals surface area contributed by atoms with Crippen LogP contribution >= 0.6 is 11.3 Å². The smallest absolute Gasteiger partial charge is 0.329 e. The first-order valence-corrected chi connectivity index (χ1v) is 7.74. The highest BCUT2D eigenvalue weighted by Crippen LogP contribution is 2.21. The lowest BCUT2D eigenvalue weighted by atomic mass is 10.2. The van der Waals surface area contributed by atoms with Gasteiger partial charge in [0, 0.05) is 28.2 Å². The molecular weight excluding hydrogens is 306 g/mol. The summed E-state index contributed by atoms with van der Waals surface area (Å²) in [5.41, 5.74) is 0.538. The van der Waals surface area contributed by atoms with Crippen LogP contribution in [0, 0.1) is 13.8 Å². The molecule has 0 unspecified atom stereocenters. The van der Waals surface area contributed by atoms with Gasteiger partial charge in [0.2, 0.25) is 17.6 Å². The molecule has 7 heteroatoms. The van der Waals surface area contributed by atoms with Crippen molar-refractivity contribution in [3.05, 3.63) is 21.4 Å². The van der Waals surface area contributed by atoms with Crippen LogP contribution in [0.2, 0.25) is 0 Å². The standard InChI is InChI=1S/C15H17NO5S/c1-8-6-11(10(3)22-8)12(17)7-21-15(20)9(2)16-13(18)4-5-14(16)19/h6,9H,4-5,7H2,1-3H3/t9-/m1/s1. The second-order valence-corrected chi connectivity index (χ2v) is 6.65. The van der Waals surface area contributed by atoms with Crippen molar-refractivity contribution in [3.63, 3.8) is 0 Å². The third kappa shape index (κ3) is 3.24. The second kappa shape index (κ2) is 6.39. The average molecular weight is 323 g/mol. The number of Topliss-reactive ketones (excluding diaryl/α,β-unsaturated/α-hetero) is 1. The van der Waals surface area contributed by atoms with Crippen LogP contribution in [0.25, 0.3) is 0 Å². The number of rotatable bonds is 5. The van der Waals surface area contributed by atoms with Crippen molar-refractivity contribution in [3.8, 4) is 0 Å².